The number of amides is 3. The molecule has 2 N–H and O–H groups in total. The fourth-order valence-corrected chi connectivity index (χ4v) is 4.24. The highest BCUT2D eigenvalue weighted by atomic mass is 127. The molecule has 0 spiro atoms. The van der Waals surface area contributed by atoms with Crippen LogP contribution in [0.2, 0.25) is 0 Å². The van der Waals surface area contributed by atoms with Crippen LogP contribution in [0.15, 0.2) is 30.3 Å². The fourth-order valence-electron chi connectivity index (χ4n) is 3.95. The molecule has 1 heterocycles. The maximum atomic E-state index is 13.3. The van der Waals surface area contributed by atoms with Crippen molar-refractivity contribution in [3.05, 3.63) is 35.9 Å². The average Bonchev–Trinajstić information content (AvgIpc) is 3.26. The Morgan fingerprint density at radius 1 is 1.18 bits per heavy atom. The third-order valence-corrected chi connectivity index (χ3v) is 6.86. The second kappa shape index (κ2) is 12.7. The molecule has 0 aliphatic carbocycles. The van der Waals surface area contributed by atoms with Crippen molar-refractivity contribution >= 4 is 40.6 Å². The van der Waals surface area contributed by atoms with Gasteiger partial charge in [0.2, 0.25) is 11.8 Å². The molecule has 1 saturated heterocycles. The van der Waals surface area contributed by atoms with Crippen LogP contribution < -0.4 is 8.85 Å². The summed E-state index contributed by atoms with van der Waals surface area (Å²) in [5.74, 6) is -2.80. The van der Waals surface area contributed by atoms with Crippen molar-refractivity contribution in [1.82, 2.24) is 18.6 Å². The van der Waals surface area contributed by atoms with Gasteiger partial charge in [0, 0.05) is 48.5 Å². The maximum absolute atomic E-state index is 13.3. The molecule has 34 heavy (non-hydrogen) atoms. The van der Waals surface area contributed by atoms with Crippen molar-refractivity contribution in [3.63, 3.8) is 0 Å². The minimum absolute atomic E-state index is 0.107. The first kappa shape index (κ1) is 28.3. The number of likely N-dealkylation sites (tertiary alicyclic amines) is 1. The first-order valence-corrected chi connectivity index (χ1v) is 12.4. The molecule has 1 aromatic carbocycles. The third kappa shape index (κ3) is 7.82. The van der Waals surface area contributed by atoms with E-state index in [1.807, 2.05) is 28.9 Å². The van der Waals surface area contributed by atoms with Gasteiger partial charge in [-0.05, 0) is 37.7 Å². The van der Waals surface area contributed by atoms with Crippen LogP contribution in [0.25, 0.3) is 0 Å². The Kier molecular flexibility index (Phi) is 10.6. The van der Waals surface area contributed by atoms with Gasteiger partial charge >= 0.3 is 12.1 Å². The second-order valence-electron chi connectivity index (χ2n) is 8.87. The van der Waals surface area contributed by atoms with Crippen LogP contribution in [-0.4, -0.2) is 71.5 Å². The monoisotopic (exact) mass is 596 g/mol. The van der Waals surface area contributed by atoms with Gasteiger partial charge in [-0.2, -0.15) is 13.2 Å². The van der Waals surface area contributed by atoms with Crippen LogP contribution in [0.4, 0.5) is 13.2 Å². The van der Waals surface area contributed by atoms with Crippen LogP contribution >= 0.6 is 22.9 Å². The summed E-state index contributed by atoms with van der Waals surface area (Å²) in [5.41, 5.74) is 0.822. The maximum Gasteiger partial charge on any atom is 0.471 e. The molecule has 2 rings (SSSR count). The number of rotatable bonds is 10. The van der Waals surface area contributed by atoms with Crippen LogP contribution in [0, 0.1) is 5.92 Å². The molecule has 0 unspecified atom stereocenters. The molecule has 1 fully saturated rings. The molecule has 0 aromatic heterocycles. The van der Waals surface area contributed by atoms with Gasteiger partial charge in [0.25, 0.3) is 0 Å². The topological polar surface area (TPSA) is 81.8 Å². The SMILES string of the molecule is CC(C)[C@H](NC(=O)[C@H](C)NI)C(=O)N1CCC[C@H]1CN(CCc1ccccc1)C(=O)C(F)(F)F. The lowest BCUT2D eigenvalue weighted by molar-refractivity contribution is -0.186. The molecule has 1 aliphatic rings. The van der Waals surface area contributed by atoms with Gasteiger partial charge in [-0.25, -0.2) is 3.53 Å². The number of nitrogens with zero attached hydrogens (tertiary/aromatic N) is 2. The lowest BCUT2D eigenvalue weighted by Gasteiger charge is -2.34. The van der Waals surface area contributed by atoms with E-state index in [1.54, 1.807) is 45.0 Å². The molecule has 3 amide bonds. The molecule has 11 heteroatoms. The summed E-state index contributed by atoms with van der Waals surface area (Å²) >= 11 is 1.85. The Labute approximate surface area is 212 Å². The minimum Gasteiger partial charge on any atom is -0.343 e. The molecule has 7 nitrogen and oxygen atoms in total. The lowest BCUT2D eigenvalue weighted by Crippen LogP contribution is -2.57. The predicted octanol–water partition coefficient (Wildman–Crippen LogP) is 3.08. The van der Waals surface area contributed by atoms with E-state index in [1.165, 1.54) is 4.90 Å². The molecule has 0 radical (unpaired) electrons. The summed E-state index contributed by atoms with van der Waals surface area (Å²) in [4.78, 5) is 40.2. The van der Waals surface area contributed by atoms with Gasteiger partial charge in [-0.15, -0.1) is 0 Å². The number of halogens is 4. The fraction of sp³-hybridized carbons (Fsp3) is 0.609. The predicted molar refractivity (Wildman–Crippen MR) is 131 cm³/mol. The van der Waals surface area contributed by atoms with Crippen LogP contribution in [0.5, 0.6) is 0 Å². The molecule has 0 saturated carbocycles. The first-order valence-electron chi connectivity index (χ1n) is 11.3. The highest BCUT2D eigenvalue weighted by Crippen LogP contribution is 2.24. The number of hydrogen-bond donors (Lipinski definition) is 2. The molecule has 190 valence electrons. The molecule has 1 aliphatic heterocycles. The van der Waals surface area contributed by atoms with Gasteiger partial charge in [0.05, 0.1) is 6.04 Å². The number of hydrogen-bond acceptors (Lipinski definition) is 4. The highest BCUT2D eigenvalue weighted by Gasteiger charge is 2.44. The Morgan fingerprint density at radius 2 is 1.82 bits per heavy atom. The Morgan fingerprint density at radius 3 is 2.38 bits per heavy atom. The standard InChI is InChI=1S/C23H32F3IN4O3/c1-15(2)19(28-20(32)16(3)29-27)21(33)31-12-7-10-18(31)14-30(22(34)23(24,25)26)13-11-17-8-5-4-6-9-17/h4-6,8-9,15-16,18-19,29H,7,10-14H2,1-3H3,(H,28,32)/t16-,18-,19-/m0/s1. The average molecular weight is 596 g/mol. The van der Waals surface area contributed by atoms with E-state index in [-0.39, 0.29) is 37.2 Å². The van der Waals surface area contributed by atoms with Crippen molar-refractivity contribution in [1.29, 1.82) is 0 Å². The summed E-state index contributed by atoms with van der Waals surface area (Å²) in [7, 11) is 0. The van der Waals surface area contributed by atoms with E-state index in [9.17, 15) is 27.6 Å². The lowest BCUT2D eigenvalue weighted by atomic mass is 10.0. The quantitative estimate of drug-likeness (QED) is 0.322. The first-order chi connectivity index (χ1) is 16.0. The molecular formula is C23H32F3IN4O3. The number of alkyl halides is 3. The van der Waals surface area contributed by atoms with Crippen LogP contribution in [-0.2, 0) is 20.8 Å². The summed E-state index contributed by atoms with van der Waals surface area (Å²) in [6, 6.07) is 7.11. The van der Waals surface area contributed by atoms with E-state index in [0.29, 0.717) is 19.4 Å². The van der Waals surface area contributed by atoms with Gasteiger partial charge in [0.15, 0.2) is 0 Å². The Balaban J connectivity index is 2.17. The number of nitrogens with one attached hydrogen (secondary N) is 2. The summed E-state index contributed by atoms with van der Waals surface area (Å²) < 4.78 is 42.7. The van der Waals surface area contributed by atoms with Crippen LogP contribution in [0.1, 0.15) is 39.2 Å². The number of benzene rings is 1. The van der Waals surface area contributed by atoms with Crippen LogP contribution in [0.3, 0.4) is 0 Å². The summed E-state index contributed by atoms with van der Waals surface area (Å²) in [5, 5.41) is 2.75. The Bertz CT molecular complexity index is 838. The molecule has 1 aromatic rings. The Hall–Kier alpha value is -1.89. The van der Waals surface area contributed by atoms with Gasteiger partial charge in [0.1, 0.15) is 6.04 Å². The van der Waals surface area contributed by atoms with Crippen molar-refractivity contribution in [2.45, 2.75) is 64.3 Å². The summed E-state index contributed by atoms with van der Waals surface area (Å²) in [6.07, 6.45) is -3.62. The normalized spacial score (nSPS) is 18.0. The van der Waals surface area contributed by atoms with Crippen molar-refractivity contribution < 1.29 is 27.6 Å². The largest absolute Gasteiger partial charge is 0.471 e. The zero-order valence-corrected chi connectivity index (χ0v) is 21.7. The molecule has 0 bridgehead atoms. The van der Waals surface area contributed by atoms with E-state index in [4.69, 9.17) is 0 Å². The van der Waals surface area contributed by atoms with Gasteiger partial charge in [-0.1, -0.05) is 44.2 Å². The van der Waals surface area contributed by atoms with Crippen molar-refractivity contribution in [3.8, 4) is 0 Å². The van der Waals surface area contributed by atoms with E-state index in [2.05, 4.69) is 8.85 Å². The van der Waals surface area contributed by atoms with Crippen molar-refractivity contribution in [2.24, 2.45) is 5.92 Å². The van der Waals surface area contributed by atoms with Gasteiger partial charge < -0.3 is 15.1 Å². The summed E-state index contributed by atoms with van der Waals surface area (Å²) in [6.45, 7) is 5.32. The number of carbonyl (C=O) groups excluding carboxylic acids is 3. The number of carbonyl (C=O) groups is 3. The second-order valence-corrected chi connectivity index (χ2v) is 9.50. The van der Waals surface area contributed by atoms with E-state index >= 15 is 0 Å². The van der Waals surface area contributed by atoms with Gasteiger partial charge in [-0.3, -0.25) is 14.4 Å². The van der Waals surface area contributed by atoms with E-state index < -0.39 is 30.2 Å². The zero-order valence-electron chi connectivity index (χ0n) is 19.6. The van der Waals surface area contributed by atoms with Crippen molar-refractivity contribution in [2.75, 3.05) is 19.6 Å². The zero-order chi connectivity index (χ0) is 25.5. The highest BCUT2D eigenvalue weighted by molar-refractivity contribution is 14.1. The minimum atomic E-state index is -5.00. The molecular weight excluding hydrogens is 564 g/mol. The molecule has 3 atom stereocenters. The van der Waals surface area contributed by atoms with E-state index in [0.717, 1.165) is 10.5 Å². The smallest absolute Gasteiger partial charge is 0.343 e. The third-order valence-electron chi connectivity index (χ3n) is 5.92.